The minimum absolute atomic E-state index is 0.0155. The molecule has 0 aromatic heterocycles. The number of fused-ring (bicyclic) bond motifs is 1. The zero-order valence-corrected chi connectivity index (χ0v) is 14.5. The van der Waals surface area contributed by atoms with Crippen molar-refractivity contribution in [1.29, 1.82) is 0 Å². The predicted octanol–water partition coefficient (Wildman–Crippen LogP) is 2.49. The number of esters is 1. The molecular formula is C17H13F3N2O4S. The van der Waals surface area contributed by atoms with Gasteiger partial charge in [0.25, 0.3) is 10.0 Å². The number of aliphatic imine (C=N–C) groups is 1. The summed E-state index contributed by atoms with van der Waals surface area (Å²) in [5.74, 6) is -0.902. The SMILES string of the molecule is O=C(CN=C1NS(=O)(=O)c2ccccc21)OCc1ccccc1C(F)(F)F. The number of rotatable bonds is 4. The molecule has 10 heteroatoms. The first-order valence-corrected chi connectivity index (χ1v) is 9.14. The first-order valence-electron chi connectivity index (χ1n) is 7.66. The van der Waals surface area contributed by atoms with Crippen LogP contribution in [0.3, 0.4) is 0 Å². The highest BCUT2D eigenvalue weighted by Gasteiger charge is 2.33. The average Bonchev–Trinajstić information content (AvgIpc) is 2.88. The van der Waals surface area contributed by atoms with Crippen LogP contribution in [0.1, 0.15) is 16.7 Å². The predicted molar refractivity (Wildman–Crippen MR) is 89.4 cm³/mol. The number of hydrogen-bond donors (Lipinski definition) is 1. The summed E-state index contributed by atoms with van der Waals surface area (Å²) in [4.78, 5) is 15.7. The second-order valence-corrected chi connectivity index (χ2v) is 7.23. The number of alkyl halides is 3. The largest absolute Gasteiger partial charge is 0.459 e. The normalized spacial score (nSPS) is 16.6. The second kappa shape index (κ2) is 7.03. The Morgan fingerprint density at radius 1 is 1.07 bits per heavy atom. The summed E-state index contributed by atoms with van der Waals surface area (Å²) in [7, 11) is -3.74. The molecule has 0 fully saturated rings. The van der Waals surface area contributed by atoms with Crippen LogP contribution in [0, 0.1) is 0 Å². The maximum Gasteiger partial charge on any atom is 0.416 e. The van der Waals surface area contributed by atoms with Crippen molar-refractivity contribution in [2.45, 2.75) is 17.7 Å². The average molecular weight is 398 g/mol. The van der Waals surface area contributed by atoms with Gasteiger partial charge < -0.3 is 4.74 Å². The van der Waals surface area contributed by atoms with Crippen LogP contribution in [0.5, 0.6) is 0 Å². The van der Waals surface area contributed by atoms with E-state index in [2.05, 4.69) is 9.71 Å². The fourth-order valence-corrected chi connectivity index (χ4v) is 3.77. The highest BCUT2D eigenvalue weighted by molar-refractivity contribution is 7.90. The van der Waals surface area contributed by atoms with E-state index < -0.39 is 40.9 Å². The van der Waals surface area contributed by atoms with Gasteiger partial charge in [0.05, 0.1) is 10.5 Å². The van der Waals surface area contributed by atoms with E-state index in [1.165, 1.54) is 30.3 Å². The maximum absolute atomic E-state index is 12.9. The summed E-state index contributed by atoms with van der Waals surface area (Å²) < 4.78 is 69.7. The van der Waals surface area contributed by atoms with Gasteiger partial charge in [0.1, 0.15) is 19.0 Å². The van der Waals surface area contributed by atoms with Crippen molar-refractivity contribution in [1.82, 2.24) is 4.72 Å². The molecule has 1 aliphatic heterocycles. The monoisotopic (exact) mass is 398 g/mol. The topological polar surface area (TPSA) is 84.8 Å². The smallest absolute Gasteiger partial charge is 0.416 e. The summed E-state index contributed by atoms with van der Waals surface area (Å²) >= 11 is 0. The van der Waals surface area contributed by atoms with Crippen molar-refractivity contribution in [3.63, 3.8) is 0 Å². The third-order valence-corrected chi connectivity index (χ3v) is 5.14. The van der Waals surface area contributed by atoms with Crippen molar-refractivity contribution in [3.05, 3.63) is 65.2 Å². The third-order valence-electron chi connectivity index (χ3n) is 3.74. The van der Waals surface area contributed by atoms with Crippen molar-refractivity contribution in [2.24, 2.45) is 4.99 Å². The van der Waals surface area contributed by atoms with Gasteiger partial charge in [-0.15, -0.1) is 0 Å². The van der Waals surface area contributed by atoms with Gasteiger partial charge in [0, 0.05) is 11.1 Å². The van der Waals surface area contributed by atoms with Crippen molar-refractivity contribution in [3.8, 4) is 0 Å². The minimum Gasteiger partial charge on any atom is -0.459 e. The first-order chi connectivity index (χ1) is 12.7. The Hall–Kier alpha value is -2.88. The number of nitrogens with zero attached hydrogens (tertiary/aromatic N) is 1. The molecule has 1 N–H and O–H groups in total. The van der Waals surface area contributed by atoms with Gasteiger partial charge in [-0.1, -0.05) is 30.3 Å². The van der Waals surface area contributed by atoms with Crippen LogP contribution in [0.25, 0.3) is 0 Å². The molecule has 0 amide bonds. The van der Waals surface area contributed by atoms with Crippen LogP contribution < -0.4 is 4.72 Å². The summed E-state index contributed by atoms with van der Waals surface area (Å²) in [6.07, 6.45) is -4.56. The molecule has 1 aliphatic rings. The molecule has 0 saturated carbocycles. The second-order valence-electron chi connectivity index (χ2n) is 5.58. The van der Waals surface area contributed by atoms with Gasteiger partial charge in [-0.25, -0.2) is 8.42 Å². The van der Waals surface area contributed by atoms with Gasteiger partial charge in [-0.2, -0.15) is 13.2 Å². The fraction of sp³-hybridized carbons (Fsp3) is 0.176. The van der Waals surface area contributed by atoms with E-state index in [0.29, 0.717) is 5.56 Å². The summed E-state index contributed by atoms with van der Waals surface area (Å²) in [5.41, 5.74) is -0.757. The van der Waals surface area contributed by atoms with E-state index >= 15 is 0 Å². The molecule has 6 nitrogen and oxygen atoms in total. The lowest BCUT2D eigenvalue weighted by molar-refractivity contribution is -0.146. The lowest BCUT2D eigenvalue weighted by atomic mass is 10.1. The number of nitrogens with one attached hydrogen (secondary N) is 1. The number of sulfonamides is 1. The Kier molecular flexibility index (Phi) is 4.92. The molecule has 0 spiro atoms. The number of amidine groups is 1. The van der Waals surface area contributed by atoms with Crippen LogP contribution in [-0.2, 0) is 32.3 Å². The van der Waals surface area contributed by atoms with E-state index in [1.807, 2.05) is 0 Å². The van der Waals surface area contributed by atoms with Crippen LogP contribution in [0.4, 0.5) is 13.2 Å². The standard InChI is InChI=1S/C17H13F3N2O4S/c18-17(19,20)13-7-3-1-5-11(13)10-26-15(23)9-21-16-12-6-2-4-8-14(12)27(24,25)22-16/h1-8H,9-10H2,(H,21,22). The molecule has 0 saturated heterocycles. The number of benzene rings is 2. The highest BCUT2D eigenvalue weighted by Crippen LogP contribution is 2.32. The third kappa shape index (κ3) is 4.11. The number of carbonyl (C=O) groups excluding carboxylic acids is 1. The van der Waals surface area contributed by atoms with Gasteiger partial charge in [0.15, 0.2) is 0 Å². The first kappa shape index (κ1) is 18.9. The molecule has 142 valence electrons. The zero-order valence-electron chi connectivity index (χ0n) is 13.7. The Labute approximate surface area is 152 Å². The summed E-state index contributed by atoms with van der Waals surface area (Å²) in [6.45, 7) is -1.11. The Bertz CT molecular complexity index is 1020. The van der Waals surface area contributed by atoms with E-state index in [1.54, 1.807) is 12.1 Å². The van der Waals surface area contributed by atoms with Gasteiger partial charge in [-0.3, -0.25) is 14.5 Å². The Morgan fingerprint density at radius 2 is 1.74 bits per heavy atom. The fourth-order valence-electron chi connectivity index (χ4n) is 2.52. The molecule has 3 rings (SSSR count). The highest BCUT2D eigenvalue weighted by atomic mass is 32.2. The van der Waals surface area contributed by atoms with Crippen LogP contribution in [0.15, 0.2) is 58.4 Å². The molecule has 0 radical (unpaired) electrons. The summed E-state index contributed by atoms with van der Waals surface area (Å²) in [5, 5.41) is 0. The molecule has 0 aliphatic carbocycles. The molecule has 0 unspecified atom stereocenters. The van der Waals surface area contributed by atoms with E-state index in [4.69, 9.17) is 4.74 Å². The number of carbonyl (C=O) groups is 1. The van der Waals surface area contributed by atoms with Crippen LogP contribution in [-0.4, -0.2) is 26.8 Å². The van der Waals surface area contributed by atoms with Gasteiger partial charge >= 0.3 is 12.1 Å². The van der Waals surface area contributed by atoms with E-state index in [-0.39, 0.29) is 16.3 Å². The Morgan fingerprint density at radius 3 is 2.48 bits per heavy atom. The molecular weight excluding hydrogens is 385 g/mol. The van der Waals surface area contributed by atoms with Crippen molar-refractivity contribution < 1.29 is 31.1 Å². The molecule has 0 atom stereocenters. The van der Waals surface area contributed by atoms with Crippen molar-refractivity contribution >= 4 is 21.8 Å². The lowest BCUT2D eigenvalue weighted by Gasteiger charge is -2.12. The molecule has 1 heterocycles. The maximum atomic E-state index is 12.9. The quantitative estimate of drug-likeness (QED) is 0.802. The summed E-state index contributed by atoms with van der Waals surface area (Å²) in [6, 6.07) is 10.8. The Balaban J connectivity index is 1.68. The zero-order chi connectivity index (χ0) is 19.7. The van der Waals surface area contributed by atoms with E-state index in [0.717, 1.165) is 6.07 Å². The molecule has 0 bridgehead atoms. The lowest BCUT2D eigenvalue weighted by Crippen LogP contribution is -2.23. The van der Waals surface area contributed by atoms with Gasteiger partial charge in [0.2, 0.25) is 0 Å². The minimum atomic E-state index is -4.56. The van der Waals surface area contributed by atoms with E-state index in [9.17, 15) is 26.4 Å². The number of hydrogen-bond acceptors (Lipinski definition) is 5. The van der Waals surface area contributed by atoms with Crippen LogP contribution in [0.2, 0.25) is 0 Å². The molecule has 27 heavy (non-hydrogen) atoms. The number of halogens is 3. The van der Waals surface area contributed by atoms with Gasteiger partial charge in [-0.05, 0) is 18.2 Å². The molecule has 2 aromatic carbocycles. The molecule has 2 aromatic rings. The van der Waals surface area contributed by atoms with Crippen molar-refractivity contribution in [2.75, 3.05) is 6.54 Å². The number of ether oxygens (including phenoxy) is 1. The van der Waals surface area contributed by atoms with Crippen LogP contribution >= 0.6 is 0 Å².